The van der Waals surface area contributed by atoms with Gasteiger partial charge >= 0.3 is 0 Å². The Morgan fingerprint density at radius 2 is 1.91 bits per heavy atom. The molecule has 1 aromatic carbocycles. The molecule has 1 aromatic heterocycles. The molecule has 0 amide bonds. The van der Waals surface area contributed by atoms with Crippen LogP contribution in [0.2, 0.25) is 0 Å². The molecular weight excluding hydrogens is 428 g/mol. The van der Waals surface area contributed by atoms with Crippen molar-refractivity contribution in [3.63, 3.8) is 0 Å². The summed E-state index contributed by atoms with van der Waals surface area (Å²) >= 11 is 0. The van der Waals surface area contributed by atoms with Crippen molar-refractivity contribution in [2.24, 2.45) is 5.92 Å². The summed E-state index contributed by atoms with van der Waals surface area (Å²) in [6, 6.07) is 9.71. The number of carbonyl (C=O) groups excluding carboxylic acids is 1. The average Bonchev–Trinajstić information content (AvgIpc) is 3.32. The van der Waals surface area contributed by atoms with Crippen LogP contribution in [0.5, 0.6) is 0 Å². The summed E-state index contributed by atoms with van der Waals surface area (Å²) in [6.45, 7) is 2.61. The Morgan fingerprint density at radius 3 is 2.47 bits per heavy atom. The van der Waals surface area contributed by atoms with Gasteiger partial charge in [0.05, 0.1) is 24.0 Å². The number of allylic oxidation sites excluding steroid dienone is 2. The molecule has 32 heavy (non-hydrogen) atoms. The molecular formula is C24H28N2O5S. The summed E-state index contributed by atoms with van der Waals surface area (Å²) in [7, 11) is -3.05. The van der Waals surface area contributed by atoms with E-state index in [1.807, 2.05) is 53.5 Å². The molecule has 0 bridgehead atoms. The molecule has 170 valence electrons. The zero-order valence-electron chi connectivity index (χ0n) is 18.1. The number of sulfone groups is 1. The van der Waals surface area contributed by atoms with Crippen molar-refractivity contribution in [1.29, 1.82) is 0 Å². The second-order valence-corrected chi connectivity index (χ2v) is 10.6. The third-order valence-corrected chi connectivity index (χ3v) is 7.70. The summed E-state index contributed by atoms with van der Waals surface area (Å²) in [5.74, 6) is 0.122. The van der Waals surface area contributed by atoms with Crippen LogP contribution in [0.1, 0.15) is 13.3 Å². The molecule has 2 atom stereocenters. The van der Waals surface area contributed by atoms with Gasteiger partial charge in [-0.2, -0.15) is 0 Å². The number of carbonyl (C=O) groups is 1. The molecule has 0 spiro atoms. The van der Waals surface area contributed by atoms with E-state index in [0.717, 1.165) is 22.4 Å². The topological polar surface area (TPSA) is 91.1 Å². The summed E-state index contributed by atoms with van der Waals surface area (Å²) < 4.78 is 28.8. The van der Waals surface area contributed by atoms with E-state index in [9.17, 15) is 18.3 Å². The minimum Gasteiger partial charge on any atom is -0.472 e. The lowest BCUT2D eigenvalue weighted by atomic mass is 9.93. The second-order valence-electron chi connectivity index (χ2n) is 8.31. The summed E-state index contributed by atoms with van der Waals surface area (Å²) in [6.07, 6.45) is 8.87. The first-order valence-corrected chi connectivity index (χ1v) is 12.5. The Kier molecular flexibility index (Phi) is 6.64. The molecule has 2 aliphatic rings. The molecule has 7 nitrogen and oxygen atoms in total. The van der Waals surface area contributed by atoms with Gasteiger partial charge in [0, 0.05) is 36.8 Å². The highest BCUT2D eigenvalue weighted by Gasteiger charge is 2.30. The quantitative estimate of drug-likeness (QED) is 0.641. The van der Waals surface area contributed by atoms with Crippen LogP contribution in [-0.4, -0.2) is 61.7 Å². The number of aliphatic hydroxyl groups excluding tert-OH is 1. The highest BCUT2D eigenvalue weighted by atomic mass is 32.2. The summed E-state index contributed by atoms with van der Waals surface area (Å²) in [5.41, 5.74) is 3.80. The van der Waals surface area contributed by atoms with Crippen molar-refractivity contribution in [3.05, 3.63) is 66.7 Å². The fraction of sp³-hybridized carbons (Fsp3) is 0.375. The molecule has 2 aromatic rings. The van der Waals surface area contributed by atoms with Gasteiger partial charge in [-0.3, -0.25) is 9.69 Å². The van der Waals surface area contributed by atoms with Crippen LogP contribution in [0.25, 0.3) is 11.1 Å². The predicted molar refractivity (Wildman–Crippen MR) is 124 cm³/mol. The van der Waals surface area contributed by atoms with Gasteiger partial charge in [0.1, 0.15) is 5.78 Å². The smallest absolute Gasteiger partial charge is 0.186 e. The third kappa shape index (κ3) is 5.20. The van der Waals surface area contributed by atoms with Crippen LogP contribution in [0, 0.1) is 5.92 Å². The van der Waals surface area contributed by atoms with E-state index < -0.39 is 16.2 Å². The normalized spacial score (nSPS) is 21.7. The van der Waals surface area contributed by atoms with Gasteiger partial charge in [0.2, 0.25) is 0 Å². The maximum absolute atomic E-state index is 11.8. The number of aliphatic hydroxyl groups is 1. The van der Waals surface area contributed by atoms with Crippen molar-refractivity contribution < 1.29 is 22.7 Å². The van der Waals surface area contributed by atoms with Gasteiger partial charge < -0.3 is 14.4 Å². The molecule has 4 rings (SSSR count). The monoisotopic (exact) mass is 456 g/mol. The summed E-state index contributed by atoms with van der Waals surface area (Å²) in [4.78, 5) is 15.3. The Balaban J connectivity index is 1.56. The van der Waals surface area contributed by atoms with Gasteiger partial charge in [-0.05, 0) is 42.7 Å². The lowest BCUT2D eigenvalue weighted by Crippen LogP contribution is -2.54. The molecule has 1 fully saturated rings. The average molecular weight is 457 g/mol. The van der Waals surface area contributed by atoms with E-state index in [1.165, 1.54) is 0 Å². The number of hydrogen-bond acceptors (Lipinski definition) is 7. The molecule has 1 aliphatic heterocycles. The minimum atomic E-state index is -3.05. The van der Waals surface area contributed by atoms with Crippen molar-refractivity contribution in [2.75, 3.05) is 36.0 Å². The first-order valence-electron chi connectivity index (χ1n) is 10.7. The molecule has 1 N–H and O–H groups in total. The molecule has 0 saturated carbocycles. The van der Waals surface area contributed by atoms with Gasteiger partial charge in [0.25, 0.3) is 0 Å². The SMILES string of the molecule is CC(=O)C1C=CC(CN(c2ccc(-c3ccoc3)cc2)C(O)N2CCS(=O)(=O)CC2)=CC1. The first-order chi connectivity index (χ1) is 15.3. The van der Waals surface area contributed by atoms with Crippen LogP contribution < -0.4 is 4.90 Å². The van der Waals surface area contributed by atoms with E-state index in [4.69, 9.17) is 4.42 Å². The zero-order chi connectivity index (χ0) is 22.7. The lowest BCUT2D eigenvalue weighted by molar-refractivity contribution is -0.119. The molecule has 8 heteroatoms. The first kappa shape index (κ1) is 22.5. The Morgan fingerprint density at radius 1 is 1.19 bits per heavy atom. The maximum Gasteiger partial charge on any atom is 0.186 e. The van der Waals surface area contributed by atoms with Crippen LogP contribution >= 0.6 is 0 Å². The Hall–Kier alpha value is -2.68. The largest absolute Gasteiger partial charge is 0.472 e. The van der Waals surface area contributed by atoms with Gasteiger partial charge in [0.15, 0.2) is 16.2 Å². The number of Topliss-reactive ketones (excluding diaryl/α,β-unsaturated/α-hetero) is 1. The predicted octanol–water partition coefficient (Wildman–Crippen LogP) is 2.85. The number of anilines is 1. The Bertz CT molecular complexity index is 1090. The van der Waals surface area contributed by atoms with E-state index in [2.05, 4.69) is 0 Å². The molecule has 2 heterocycles. The van der Waals surface area contributed by atoms with E-state index in [-0.39, 0.29) is 36.3 Å². The highest BCUT2D eigenvalue weighted by molar-refractivity contribution is 7.91. The van der Waals surface area contributed by atoms with E-state index >= 15 is 0 Å². The molecule has 1 aliphatic carbocycles. The van der Waals surface area contributed by atoms with Crippen molar-refractivity contribution in [1.82, 2.24) is 4.90 Å². The van der Waals surface area contributed by atoms with Crippen LogP contribution in [-0.2, 0) is 14.6 Å². The van der Waals surface area contributed by atoms with Crippen LogP contribution in [0.4, 0.5) is 5.69 Å². The maximum atomic E-state index is 11.8. The number of rotatable bonds is 7. The number of nitrogens with zero attached hydrogens (tertiary/aromatic N) is 2. The highest BCUT2D eigenvalue weighted by Crippen LogP contribution is 2.27. The van der Waals surface area contributed by atoms with Crippen molar-refractivity contribution in [3.8, 4) is 11.1 Å². The fourth-order valence-electron chi connectivity index (χ4n) is 4.02. The molecule has 2 unspecified atom stereocenters. The lowest BCUT2D eigenvalue weighted by Gasteiger charge is -2.39. The molecule has 0 radical (unpaired) electrons. The zero-order valence-corrected chi connectivity index (χ0v) is 18.9. The van der Waals surface area contributed by atoms with Crippen molar-refractivity contribution in [2.45, 2.75) is 19.7 Å². The third-order valence-electron chi connectivity index (χ3n) is 6.09. The fourth-order valence-corrected chi connectivity index (χ4v) is 5.24. The number of ketones is 1. The van der Waals surface area contributed by atoms with Gasteiger partial charge in [-0.1, -0.05) is 30.4 Å². The van der Waals surface area contributed by atoms with E-state index in [1.54, 1.807) is 24.3 Å². The summed E-state index contributed by atoms with van der Waals surface area (Å²) in [5, 5.41) is 11.2. The number of hydrogen-bond donors (Lipinski definition) is 1. The molecule has 1 saturated heterocycles. The Labute approximate surface area is 188 Å². The van der Waals surface area contributed by atoms with Crippen LogP contribution in [0.3, 0.4) is 0 Å². The van der Waals surface area contributed by atoms with Crippen molar-refractivity contribution >= 4 is 21.3 Å². The number of furan rings is 1. The standard InChI is InChI=1S/C24H28N2O5S/c1-18(27)20-4-2-19(3-5-20)16-26(24(28)25-11-14-32(29,30)15-12-25)23-8-6-21(7-9-23)22-10-13-31-17-22/h2-4,6-10,13,17,20,24,28H,5,11-12,14-16H2,1H3. The van der Waals surface area contributed by atoms with Crippen LogP contribution in [0.15, 0.2) is 71.1 Å². The van der Waals surface area contributed by atoms with E-state index in [0.29, 0.717) is 13.0 Å². The van der Waals surface area contributed by atoms with Gasteiger partial charge in [-0.25, -0.2) is 8.42 Å². The number of benzene rings is 1. The minimum absolute atomic E-state index is 0.0419. The van der Waals surface area contributed by atoms with Gasteiger partial charge in [-0.15, -0.1) is 0 Å². The second kappa shape index (κ2) is 9.44.